The van der Waals surface area contributed by atoms with E-state index < -0.39 is 0 Å². The predicted octanol–water partition coefficient (Wildman–Crippen LogP) is 6.42. The van der Waals surface area contributed by atoms with Crippen LogP contribution in [0.25, 0.3) is 0 Å². The molecular weight excluding hydrogens is 368 g/mol. The number of ketones is 1. The first-order valence-corrected chi connectivity index (χ1v) is 12.2. The van der Waals surface area contributed by atoms with Crippen molar-refractivity contribution in [3.8, 4) is 0 Å². The van der Waals surface area contributed by atoms with Crippen LogP contribution < -0.4 is 0 Å². The number of hydrogen-bond acceptors (Lipinski definition) is 2. The highest BCUT2D eigenvalue weighted by Crippen LogP contribution is 2.61. The topological polar surface area (TPSA) is 37.3 Å². The average molecular weight is 409 g/mol. The Hall–Kier alpha value is -1.41. The number of aryl methyl sites for hydroxylation is 1. The van der Waals surface area contributed by atoms with Crippen molar-refractivity contribution in [2.24, 2.45) is 29.1 Å². The first-order chi connectivity index (χ1) is 14.1. The highest BCUT2D eigenvalue weighted by atomic mass is 16.3. The molecule has 0 spiro atoms. The maximum absolute atomic E-state index is 13.5. The van der Waals surface area contributed by atoms with E-state index in [0.717, 1.165) is 24.0 Å². The van der Waals surface area contributed by atoms with Crippen molar-refractivity contribution in [1.29, 1.82) is 0 Å². The molecule has 1 fully saturated rings. The molecule has 1 aromatic carbocycles. The minimum atomic E-state index is -0.255. The second-order valence-electron chi connectivity index (χ2n) is 11.2. The normalized spacial score (nSPS) is 32.8. The number of carbonyl (C=O) groups excluding carboxylic acids is 1. The molecule has 3 aliphatic carbocycles. The molecule has 0 bridgehead atoms. The molecule has 0 heterocycles. The first kappa shape index (κ1) is 21.8. The lowest BCUT2D eigenvalue weighted by atomic mass is 9.59. The van der Waals surface area contributed by atoms with Gasteiger partial charge in [-0.3, -0.25) is 4.79 Å². The SMILES string of the molecule is Cc1c2c(cc3c1C(=O)C[C@]1(C)[C@@H]([C@H](C)/C=C/[C@H](C)C(C)C)CC[C@@H]31)CC[C@H](O)C2. The molecule has 0 aromatic heterocycles. The quantitative estimate of drug-likeness (QED) is 0.584. The number of benzene rings is 1. The lowest BCUT2D eigenvalue weighted by molar-refractivity contribution is 0.0787. The van der Waals surface area contributed by atoms with Crippen LogP contribution in [0.4, 0.5) is 0 Å². The maximum atomic E-state index is 13.5. The highest BCUT2D eigenvalue weighted by Gasteiger charge is 2.53. The maximum Gasteiger partial charge on any atom is 0.164 e. The van der Waals surface area contributed by atoms with Crippen LogP contribution in [0, 0.1) is 36.0 Å². The zero-order chi connectivity index (χ0) is 21.8. The summed E-state index contributed by atoms with van der Waals surface area (Å²) in [6.45, 7) is 13.8. The van der Waals surface area contributed by atoms with Gasteiger partial charge >= 0.3 is 0 Å². The summed E-state index contributed by atoms with van der Waals surface area (Å²) in [5.74, 6) is 3.15. The average Bonchev–Trinajstić information content (AvgIpc) is 3.03. The summed E-state index contributed by atoms with van der Waals surface area (Å²) >= 11 is 0. The summed E-state index contributed by atoms with van der Waals surface area (Å²) in [5.41, 5.74) is 6.19. The van der Waals surface area contributed by atoms with E-state index in [0.29, 0.717) is 48.2 Å². The minimum Gasteiger partial charge on any atom is -0.393 e. The van der Waals surface area contributed by atoms with Crippen LogP contribution in [0.3, 0.4) is 0 Å². The first-order valence-electron chi connectivity index (χ1n) is 12.2. The zero-order valence-corrected chi connectivity index (χ0v) is 19.8. The zero-order valence-electron chi connectivity index (χ0n) is 19.8. The highest BCUT2D eigenvalue weighted by molar-refractivity contribution is 6.01. The Morgan fingerprint density at radius 3 is 2.57 bits per heavy atom. The van der Waals surface area contributed by atoms with E-state index in [-0.39, 0.29) is 11.5 Å². The van der Waals surface area contributed by atoms with Crippen LogP contribution in [-0.4, -0.2) is 17.0 Å². The summed E-state index contributed by atoms with van der Waals surface area (Å²) in [6, 6.07) is 2.37. The van der Waals surface area contributed by atoms with Crippen LogP contribution in [0.2, 0.25) is 0 Å². The van der Waals surface area contributed by atoms with E-state index in [2.05, 4.69) is 59.8 Å². The van der Waals surface area contributed by atoms with Gasteiger partial charge in [0.25, 0.3) is 0 Å². The Morgan fingerprint density at radius 2 is 1.87 bits per heavy atom. The smallest absolute Gasteiger partial charge is 0.164 e. The molecule has 1 N–H and O–H groups in total. The number of carbonyl (C=O) groups is 1. The van der Waals surface area contributed by atoms with E-state index in [1.54, 1.807) is 0 Å². The molecule has 3 aliphatic rings. The lowest BCUT2D eigenvalue weighted by Gasteiger charge is -2.44. The molecule has 0 radical (unpaired) electrons. The van der Waals surface area contributed by atoms with Crippen molar-refractivity contribution in [3.05, 3.63) is 46.0 Å². The predicted molar refractivity (Wildman–Crippen MR) is 124 cm³/mol. The minimum absolute atomic E-state index is 0.0593. The fraction of sp³-hybridized carbons (Fsp3) is 0.679. The van der Waals surface area contributed by atoms with Gasteiger partial charge in [-0.1, -0.05) is 52.8 Å². The third-order valence-electron chi connectivity index (χ3n) is 9.03. The van der Waals surface area contributed by atoms with Crippen molar-refractivity contribution in [2.45, 2.75) is 92.1 Å². The molecule has 0 aliphatic heterocycles. The molecule has 6 atom stereocenters. The number of allylic oxidation sites excluding steroid dienone is 2. The van der Waals surface area contributed by atoms with E-state index >= 15 is 0 Å². The molecule has 30 heavy (non-hydrogen) atoms. The number of rotatable bonds is 4. The van der Waals surface area contributed by atoms with E-state index in [1.165, 1.54) is 29.5 Å². The van der Waals surface area contributed by atoms with Crippen LogP contribution in [0.15, 0.2) is 18.2 Å². The van der Waals surface area contributed by atoms with Gasteiger partial charge in [-0.05, 0) is 96.3 Å². The third-order valence-corrected chi connectivity index (χ3v) is 9.03. The fourth-order valence-corrected chi connectivity index (χ4v) is 6.80. The van der Waals surface area contributed by atoms with Gasteiger partial charge in [0, 0.05) is 12.0 Å². The molecule has 0 unspecified atom stereocenters. The van der Waals surface area contributed by atoms with Gasteiger partial charge in [-0.25, -0.2) is 0 Å². The molecular formula is C28H40O2. The van der Waals surface area contributed by atoms with Crippen LogP contribution >= 0.6 is 0 Å². The number of fused-ring (bicyclic) bond motifs is 4. The van der Waals surface area contributed by atoms with Crippen LogP contribution in [0.5, 0.6) is 0 Å². The molecule has 0 amide bonds. The van der Waals surface area contributed by atoms with Gasteiger partial charge in [0.05, 0.1) is 6.10 Å². The van der Waals surface area contributed by atoms with Crippen LogP contribution in [0.1, 0.15) is 98.8 Å². The molecule has 1 saturated carbocycles. The Labute approximate surface area is 183 Å². The standard InChI is InChI=1S/C28H40O2/c1-16(2)17(3)7-8-18(4)24-11-12-25-23-13-20-9-10-21(29)14-22(20)19(5)27(23)26(30)15-28(24,25)6/h7-8,13,16-18,21,24-25,29H,9-12,14-15H2,1-6H3/b8-7+/t17-,18+,21-,24+,25-,28+/m0/s1. The van der Waals surface area contributed by atoms with Crippen LogP contribution in [-0.2, 0) is 12.8 Å². The number of hydrogen-bond donors (Lipinski definition) is 1. The van der Waals surface area contributed by atoms with Crippen molar-refractivity contribution in [2.75, 3.05) is 0 Å². The molecule has 0 saturated heterocycles. The fourth-order valence-electron chi connectivity index (χ4n) is 6.80. The lowest BCUT2D eigenvalue weighted by Crippen LogP contribution is -2.38. The van der Waals surface area contributed by atoms with Gasteiger partial charge in [0.1, 0.15) is 0 Å². The summed E-state index contributed by atoms with van der Waals surface area (Å²) < 4.78 is 0. The van der Waals surface area contributed by atoms with Crippen molar-refractivity contribution < 1.29 is 9.90 Å². The number of Topliss-reactive ketones (excluding diaryl/α,β-unsaturated/α-hetero) is 1. The van der Waals surface area contributed by atoms with Gasteiger partial charge in [0.15, 0.2) is 5.78 Å². The molecule has 164 valence electrons. The monoisotopic (exact) mass is 408 g/mol. The largest absolute Gasteiger partial charge is 0.393 e. The van der Waals surface area contributed by atoms with E-state index in [9.17, 15) is 9.90 Å². The van der Waals surface area contributed by atoms with Crippen molar-refractivity contribution in [3.63, 3.8) is 0 Å². The second-order valence-corrected chi connectivity index (χ2v) is 11.2. The molecule has 4 rings (SSSR count). The second kappa shape index (κ2) is 7.93. The Morgan fingerprint density at radius 1 is 1.13 bits per heavy atom. The van der Waals surface area contributed by atoms with Gasteiger partial charge in [-0.15, -0.1) is 0 Å². The van der Waals surface area contributed by atoms with Gasteiger partial charge < -0.3 is 5.11 Å². The summed E-state index contributed by atoms with van der Waals surface area (Å²) in [5, 5.41) is 10.2. The summed E-state index contributed by atoms with van der Waals surface area (Å²) in [6.07, 6.45) is 10.2. The molecule has 2 heteroatoms. The molecule has 1 aromatic rings. The Kier molecular flexibility index (Phi) is 5.77. The summed E-state index contributed by atoms with van der Waals surface area (Å²) in [7, 11) is 0. The van der Waals surface area contributed by atoms with E-state index in [1.807, 2.05) is 0 Å². The molecule has 2 nitrogen and oxygen atoms in total. The van der Waals surface area contributed by atoms with Gasteiger partial charge in [0.2, 0.25) is 0 Å². The Balaban J connectivity index is 1.68. The summed E-state index contributed by atoms with van der Waals surface area (Å²) in [4.78, 5) is 13.5. The third kappa shape index (κ3) is 3.49. The number of aliphatic hydroxyl groups excluding tert-OH is 1. The number of aliphatic hydroxyl groups is 1. The van der Waals surface area contributed by atoms with Crippen molar-refractivity contribution >= 4 is 5.78 Å². The van der Waals surface area contributed by atoms with Crippen molar-refractivity contribution in [1.82, 2.24) is 0 Å². The van der Waals surface area contributed by atoms with E-state index in [4.69, 9.17) is 0 Å². The Bertz CT molecular complexity index is 864. The van der Waals surface area contributed by atoms with Gasteiger partial charge in [-0.2, -0.15) is 0 Å².